The van der Waals surface area contributed by atoms with E-state index in [1.807, 2.05) is 36.4 Å². The fourth-order valence-electron chi connectivity index (χ4n) is 4.48. The Morgan fingerprint density at radius 3 is 2.30 bits per heavy atom. The average molecular weight is 617 g/mol. The first kappa shape index (κ1) is 32.3. The number of pyridine rings is 2. The Hall–Kier alpha value is -4.61. The number of carboxylic acids is 1. The number of carboxylic acid groups (broad SMARTS) is 1. The normalized spacial score (nSPS) is 12.4. The number of anilines is 1. The molecule has 2 aromatic heterocycles. The lowest BCUT2D eigenvalue weighted by molar-refractivity contribution is -0.135. The molecule has 2 N–H and O–H groups in total. The zero-order valence-electron chi connectivity index (χ0n) is 25.1. The number of sulfonamides is 1. The third kappa shape index (κ3) is 8.71. The van der Waals surface area contributed by atoms with Crippen molar-refractivity contribution in [2.75, 3.05) is 11.4 Å². The minimum absolute atomic E-state index is 0.00679. The first-order valence-corrected chi connectivity index (χ1v) is 15.6. The lowest BCUT2D eigenvalue weighted by Gasteiger charge is -2.26. The molecular formula is C33H36N4O6S. The molecule has 1 atom stereocenters. The molecule has 1 amide bonds. The Morgan fingerprint density at radius 1 is 0.932 bits per heavy atom. The van der Waals surface area contributed by atoms with Crippen molar-refractivity contribution in [1.82, 2.24) is 14.7 Å². The number of benzene rings is 2. The summed E-state index contributed by atoms with van der Waals surface area (Å²) in [6.45, 7) is 6.41. The van der Waals surface area contributed by atoms with E-state index >= 15 is 0 Å². The molecule has 0 aliphatic rings. The molecule has 0 bridgehead atoms. The smallest absolute Gasteiger partial charge is 0.416 e. The first-order valence-electron chi connectivity index (χ1n) is 14.2. The first-order chi connectivity index (χ1) is 20.8. The number of hydrogen-bond donors (Lipinski definition) is 2. The van der Waals surface area contributed by atoms with Crippen LogP contribution in [0.4, 0.5) is 10.6 Å². The van der Waals surface area contributed by atoms with Crippen molar-refractivity contribution in [1.29, 1.82) is 0 Å². The van der Waals surface area contributed by atoms with Gasteiger partial charge >= 0.3 is 12.1 Å². The molecule has 10 nitrogen and oxygen atoms in total. The highest BCUT2D eigenvalue weighted by Crippen LogP contribution is 2.26. The van der Waals surface area contributed by atoms with Crippen LogP contribution in [0.1, 0.15) is 50.6 Å². The van der Waals surface area contributed by atoms with E-state index in [1.54, 1.807) is 45.0 Å². The molecule has 2 heterocycles. The van der Waals surface area contributed by atoms with Crippen molar-refractivity contribution in [2.45, 2.75) is 57.2 Å². The lowest BCUT2D eigenvalue weighted by atomic mass is 9.98. The quantitative estimate of drug-likeness (QED) is 0.216. The van der Waals surface area contributed by atoms with Crippen LogP contribution in [-0.2, 0) is 32.4 Å². The van der Waals surface area contributed by atoms with Crippen LogP contribution in [-0.4, -0.2) is 47.7 Å². The largest absolute Gasteiger partial charge is 0.480 e. The number of carbonyl (C=O) groups excluding carboxylic acids is 1. The Balaban J connectivity index is 1.70. The molecule has 44 heavy (non-hydrogen) atoms. The molecule has 0 saturated heterocycles. The Bertz CT molecular complexity index is 1700. The SMILES string of the molecule is CCc1cccc(-c2ccc(CC(NS(=O)(=O)c3ccccn3)c3cccc(N(CC(=O)O)C(=O)OC(C)(C)C)n3)cc2)c1. The fourth-order valence-corrected chi connectivity index (χ4v) is 5.63. The number of ether oxygens (including phenoxy) is 1. The van der Waals surface area contributed by atoms with Crippen molar-refractivity contribution in [3.05, 3.63) is 108 Å². The second-order valence-corrected chi connectivity index (χ2v) is 12.8. The number of nitrogens with zero attached hydrogens (tertiary/aromatic N) is 3. The van der Waals surface area contributed by atoms with Crippen molar-refractivity contribution >= 4 is 27.9 Å². The molecule has 0 aliphatic heterocycles. The van der Waals surface area contributed by atoms with E-state index in [0.717, 1.165) is 28.0 Å². The molecular weight excluding hydrogens is 580 g/mol. The Morgan fingerprint density at radius 2 is 1.66 bits per heavy atom. The monoisotopic (exact) mass is 616 g/mol. The molecule has 0 radical (unpaired) electrons. The summed E-state index contributed by atoms with van der Waals surface area (Å²) in [6, 6.07) is 24.5. The predicted molar refractivity (Wildman–Crippen MR) is 168 cm³/mol. The molecule has 11 heteroatoms. The van der Waals surface area contributed by atoms with Gasteiger partial charge in [-0.25, -0.2) is 27.9 Å². The number of aryl methyl sites for hydroxylation is 1. The minimum Gasteiger partial charge on any atom is -0.480 e. The van der Waals surface area contributed by atoms with Crippen molar-refractivity contribution in [2.24, 2.45) is 0 Å². The van der Waals surface area contributed by atoms with Crippen LogP contribution >= 0.6 is 0 Å². The zero-order chi connectivity index (χ0) is 31.9. The summed E-state index contributed by atoms with van der Waals surface area (Å²) >= 11 is 0. The molecule has 230 valence electrons. The zero-order valence-corrected chi connectivity index (χ0v) is 25.9. The van der Waals surface area contributed by atoms with E-state index in [2.05, 4.69) is 33.7 Å². The number of amides is 1. The van der Waals surface area contributed by atoms with Crippen LogP contribution in [0.15, 0.2) is 96.2 Å². The van der Waals surface area contributed by atoms with Crippen LogP contribution in [0.5, 0.6) is 0 Å². The van der Waals surface area contributed by atoms with Crippen molar-refractivity contribution < 1.29 is 27.9 Å². The highest BCUT2D eigenvalue weighted by atomic mass is 32.2. The maximum Gasteiger partial charge on any atom is 0.416 e. The second-order valence-electron chi connectivity index (χ2n) is 11.2. The summed E-state index contributed by atoms with van der Waals surface area (Å²) in [6.07, 6.45) is 1.63. The summed E-state index contributed by atoms with van der Waals surface area (Å²) < 4.78 is 34.9. The van der Waals surface area contributed by atoms with Gasteiger partial charge in [0.25, 0.3) is 10.0 Å². The molecule has 0 fully saturated rings. The van der Waals surface area contributed by atoms with Crippen molar-refractivity contribution in [3.63, 3.8) is 0 Å². The van der Waals surface area contributed by atoms with Crippen molar-refractivity contribution in [3.8, 4) is 11.1 Å². The molecule has 1 unspecified atom stereocenters. The van der Waals surface area contributed by atoms with Gasteiger partial charge in [-0.15, -0.1) is 0 Å². The van der Waals surface area contributed by atoms with Gasteiger partial charge < -0.3 is 9.84 Å². The summed E-state index contributed by atoms with van der Waals surface area (Å²) in [5.41, 5.74) is 3.56. The van der Waals surface area contributed by atoms with Crippen LogP contribution in [0.2, 0.25) is 0 Å². The fraction of sp³-hybridized carbons (Fsp3) is 0.273. The van der Waals surface area contributed by atoms with E-state index in [1.165, 1.54) is 23.9 Å². The maximum absolute atomic E-state index is 13.4. The molecule has 4 aromatic rings. The van der Waals surface area contributed by atoms with Gasteiger partial charge in [0.1, 0.15) is 18.0 Å². The van der Waals surface area contributed by atoms with E-state index in [9.17, 15) is 23.1 Å². The lowest BCUT2D eigenvalue weighted by Crippen LogP contribution is -2.40. The van der Waals surface area contributed by atoms with Crippen LogP contribution in [0.3, 0.4) is 0 Å². The van der Waals surface area contributed by atoms with Gasteiger partial charge in [0.05, 0.1) is 11.7 Å². The number of rotatable bonds is 11. The van der Waals surface area contributed by atoms with Gasteiger partial charge in [0, 0.05) is 6.20 Å². The standard InChI is InChI=1S/C33H36N4O6S/c1-5-23-10-8-11-26(20-23)25-17-15-24(16-18-25)21-28(36-44(41,42)30-14-6-7-19-34-30)27-12-9-13-29(35-27)37(22-31(38)39)32(40)43-33(2,3)4/h6-20,28,36H,5,21-22H2,1-4H3,(H,38,39). The van der Waals surface area contributed by atoms with Gasteiger partial charge in [0.15, 0.2) is 5.03 Å². The number of aromatic nitrogens is 2. The van der Waals surface area contributed by atoms with Gasteiger partial charge in [-0.1, -0.05) is 67.6 Å². The van der Waals surface area contributed by atoms with Crippen LogP contribution in [0.25, 0.3) is 11.1 Å². The van der Waals surface area contributed by atoms with Gasteiger partial charge in [-0.2, -0.15) is 0 Å². The summed E-state index contributed by atoms with van der Waals surface area (Å²) in [7, 11) is -4.08. The van der Waals surface area contributed by atoms with E-state index < -0.39 is 40.3 Å². The number of hydrogen-bond acceptors (Lipinski definition) is 7. The highest BCUT2D eigenvalue weighted by molar-refractivity contribution is 7.89. The third-order valence-electron chi connectivity index (χ3n) is 6.57. The molecule has 0 saturated carbocycles. The number of nitrogens with one attached hydrogen (secondary N) is 1. The van der Waals surface area contributed by atoms with Crippen LogP contribution < -0.4 is 9.62 Å². The molecule has 4 rings (SSSR count). The van der Waals surface area contributed by atoms with E-state index in [0.29, 0.717) is 0 Å². The Labute approximate surface area is 257 Å². The summed E-state index contributed by atoms with van der Waals surface area (Å²) in [5, 5.41) is 9.34. The average Bonchev–Trinajstić information content (AvgIpc) is 2.99. The maximum atomic E-state index is 13.4. The topological polar surface area (TPSA) is 139 Å². The van der Waals surface area contributed by atoms with E-state index in [-0.39, 0.29) is 23.0 Å². The molecule has 0 spiro atoms. The molecule has 0 aliphatic carbocycles. The third-order valence-corrected chi connectivity index (χ3v) is 7.96. The van der Waals surface area contributed by atoms with Gasteiger partial charge in [0.2, 0.25) is 0 Å². The molecule has 2 aromatic carbocycles. The highest BCUT2D eigenvalue weighted by Gasteiger charge is 2.28. The summed E-state index contributed by atoms with van der Waals surface area (Å²) in [5.74, 6) is -1.26. The Kier molecular flexibility index (Phi) is 10.1. The number of aliphatic carboxylic acids is 1. The van der Waals surface area contributed by atoms with Gasteiger partial charge in [-0.3, -0.25) is 9.69 Å². The number of carbonyl (C=O) groups is 2. The van der Waals surface area contributed by atoms with Crippen LogP contribution in [0, 0.1) is 0 Å². The van der Waals surface area contributed by atoms with Gasteiger partial charge in [-0.05, 0) is 80.1 Å². The summed E-state index contributed by atoms with van der Waals surface area (Å²) in [4.78, 5) is 34.0. The second kappa shape index (κ2) is 13.8. The predicted octanol–water partition coefficient (Wildman–Crippen LogP) is 5.79. The van der Waals surface area contributed by atoms with E-state index in [4.69, 9.17) is 4.74 Å². The minimum atomic E-state index is -4.08.